The molecule has 0 aliphatic heterocycles. The molecule has 0 unspecified atom stereocenters. The minimum atomic E-state index is -1.18. The fourth-order valence-electron chi connectivity index (χ4n) is 2.02. The zero-order chi connectivity index (χ0) is 14.8. The normalized spacial score (nSPS) is 13.4. The summed E-state index contributed by atoms with van der Waals surface area (Å²) in [5.41, 5.74) is 2.56. The van der Waals surface area contributed by atoms with Gasteiger partial charge in [0.2, 0.25) is 0 Å². The highest BCUT2D eigenvalue weighted by atomic mass is 28.3. The van der Waals surface area contributed by atoms with E-state index in [2.05, 4.69) is 52.6 Å². The summed E-state index contributed by atoms with van der Waals surface area (Å²) in [5.74, 6) is 0. The van der Waals surface area contributed by atoms with E-state index in [1.54, 1.807) is 0 Å². The van der Waals surface area contributed by atoms with Crippen LogP contribution in [0.4, 0.5) is 0 Å². The Morgan fingerprint density at radius 2 is 1.26 bits per heavy atom. The first-order valence-electron chi connectivity index (χ1n) is 8.49. The molecule has 0 amide bonds. The zero-order valence-corrected chi connectivity index (χ0v) is 15.5. The molecule has 114 valence electrons. The number of hydrogen-bond donors (Lipinski definition) is 0. The molecule has 0 N–H and O–H groups in total. The summed E-state index contributed by atoms with van der Waals surface area (Å²) in [7, 11) is -1.18. The highest BCUT2D eigenvalue weighted by Crippen LogP contribution is 2.36. The second-order valence-corrected chi connectivity index (χ2v) is 12.9. The smallest absolute Gasteiger partial charge is 0.0766 e. The Hall–Kier alpha value is -0.0431. The van der Waals surface area contributed by atoms with Crippen LogP contribution in [-0.4, -0.2) is 8.07 Å². The summed E-state index contributed by atoms with van der Waals surface area (Å²) < 4.78 is 0. The minimum absolute atomic E-state index is 0.489. The summed E-state index contributed by atoms with van der Waals surface area (Å²) in [6, 6.07) is 0. The van der Waals surface area contributed by atoms with Crippen LogP contribution in [-0.2, 0) is 0 Å². The van der Waals surface area contributed by atoms with Gasteiger partial charge in [-0.15, -0.1) is 0 Å². The molecule has 0 aliphatic rings. The molecule has 0 heterocycles. The molecule has 0 fully saturated rings. The molecular weight excluding hydrogens is 244 g/mol. The first-order chi connectivity index (χ1) is 8.81. The fourth-order valence-corrected chi connectivity index (χ4v) is 3.28. The first-order valence-corrected chi connectivity index (χ1v) is 11.6. The molecule has 0 saturated heterocycles. The van der Waals surface area contributed by atoms with Crippen LogP contribution >= 0.6 is 0 Å². The molecule has 0 nitrogen and oxygen atoms in total. The summed E-state index contributed by atoms with van der Waals surface area (Å²) >= 11 is 0. The van der Waals surface area contributed by atoms with Crippen LogP contribution in [0.15, 0.2) is 11.8 Å². The van der Waals surface area contributed by atoms with Crippen molar-refractivity contribution in [1.29, 1.82) is 0 Å². The van der Waals surface area contributed by atoms with Gasteiger partial charge >= 0.3 is 0 Å². The average molecular weight is 283 g/mol. The molecule has 19 heavy (non-hydrogen) atoms. The molecular formula is C18H38Si. The Labute approximate surface area is 124 Å². The predicted octanol–water partition coefficient (Wildman–Crippen LogP) is 7.12. The predicted molar refractivity (Wildman–Crippen MR) is 93.6 cm³/mol. The number of unbranched alkanes of at least 4 members (excludes halogenated alkanes) is 8. The topological polar surface area (TPSA) is 0 Å². The zero-order valence-electron chi connectivity index (χ0n) is 14.5. The first kappa shape index (κ1) is 19.0. The number of rotatable bonds is 10. The van der Waals surface area contributed by atoms with E-state index in [4.69, 9.17) is 0 Å². The molecule has 0 saturated carbocycles. The molecule has 0 aromatic heterocycles. The van der Waals surface area contributed by atoms with E-state index >= 15 is 0 Å². The number of allylic oxidation sites excluding steroid dienone is 1. The van der Waals surface area contributed by atoms with Gasteiger partial charge in [-0.1, -0.05) is 97.5 Å². The third-order valence-corrected chi connectivity index (χ3v) is 9.63. The van der Waals surface area contributed by atoms with E-state index in [1.807, 2.05) is 0 Å². The summed E-state index contributed by atoms with van der Waals surface area (Å²) in [6.07, 6.45) is 15.1. The van der Waals surface area contributed by atoms with Crippen molar-refractivity contribution in [2.75, 3.05) is 0 Å². The van der Waals surface area contributed by atoms with Gasteiger partial charge in [-0.25, -0.2) is 0 Å². The van der Waals surface area contributed by atoms with Crippen molar-refractivity contribution in [1.82, 2.24) is 0 Å². The largest absolute Gasteiger partial charge is 0.0981 e. The van der Waals surface area contributed by atoms with Gasteiger partial charge in [0.05, 0.1) is 8.07 Å². The monoisotopic (exact) mass is 282 g/mol. The lowest BCUT2D eigenvalue weighted by Gasteiger charge is -2.34. The van der Waals surface area contributed by atoms with Crippen LogP contribution in [0.3, 0.4) is 0 Å². The van der Waals surface area contributed by atoms with E-state index in [0.717, 1.165) is 0 Å². The lowest BCUT2D eigenvalue weighted by atomic mass is 10.1. The molecule has 0 spiro atoms. The highest BCUT2D eigenvalue weighted by Gasteiger charge is 2.31. The Bertz CT molecular complexity index is 233. The van der Waals surface area contributed by atoms with Crippen molar-refractivity contribution in [3.05, 3.63) is 11.8 Å². The van der Waals surface area contributed by atoms with Gasteiger partial charge in [0.1, 0.15) is 0 Å². The van der Waals surface area contributed by atoms with Gasteiger partial charge in [-0.05, 0) is 17.9 Å². The van der Waals surface area contributed by atoms with Crippen LogP contribution in [0.2, 0.25) is 18.1 Å². The maximum Gasteiger partial charge on any atom is 0.0766 e. The third kappa shape index (κ3) is 9.48. The SMILES string of the molecule is CCCCCCCCCC/C=C/[Si](C)(C)C(C)(C)C. The summed E-state index contributed by atoms with van der Waals surface area (Å²) in [6.45, 7) is 14.4. The molecule has 0 bridgehead atoms. The second-order valence-electron chi connectivity index (χ2n) is 7.64. The van der Waals surface area contributed by atoms with E-state index < -0.39 is 8.07 Å². The Morgan fingerprint density at radius 3 is 1.74 bits per heavy atom. The quantitative estimate of drug-likeness (QED) is 0.295. The molecule has 0 aromatic carbocycles. The molecule has 1 heteroatoms. The lowest BCUT2D eigenvalue weighted by Crippen LogP contribution is -2.34. The van der Waals surface area contributed by atoms with Crippen molar-refractivity contribution >= 4 is 8.07 Å². The van der Waals surface area contributed by atoms with E-state index in [9.17, 15) is 0 Å². The molecule has 0 radical (unpaired) electrons. The van der Waals surface area contributed by atoms with E-state index in [-0.39, 0.29) is 0 Å². The highest BCUT2D eigenvalue weighted by molar-refractivity contribution is 6.84. The Morgan fingerprint density at radius 1 is 0.789 bits per heavy atom. The van der Waals surface area contributed by atoms with Crippen molar-refractivity contribution in [3.63, 3.8) is 0 Å². The van der Waals surface area contributed by atoms with Gasteiger partial charge in [0.25, 0.3) is 0 Å². The van der Waals surface area contributed by atoms with Crippen LogP contribution in [0, 0.1) is 0 Å². The van der Waals surface area contributed by atoms with Crippen molar-refractivity contribution in [2.24, 2.45) is 0 Å². The fraction of sp³-hybridized carbons (Fsp3) is 0.889. The van der Waals surface area contributed by atoms with Crippen LogP contribution in [0.25, 0.3) is 0 Å². The maximum atomic E-state index is 2.56. The van der Waals surface area contributed by atoms with Gasteiger partial charge < -0.3 is 0 Å². The van der Waals surface area contributed by atoms with E-state index in [0.29, 0.717) is 5.04 Å². The second kappa shape index (κ2) is 9.80. The average Bonchev–Trinajstić information content (AvgIpc) is 2.30. The number of hydrogen-bond acceptors (Lipinski definition) is 0. The van der Waals surface area contributed by atoms with Gasteiger partial charge in [-0.2, -0.15) is 0 Å². The van der Waals surface area contributed by atoms with E-state index in [1.165, 1.54) is 57.8 Å². The van der Waals surface area contributed by atoms with Gasteiger partial charge in [0, 0.05) is 0 Å². The van der Waals surface area contributed by atoms with Crippen molar-refractivity contribution in [3.8, 4) is 0 Å². The Kier molecular flexibility index (Phi) is 9.77. The molecule has 0 atom stereocenters. The standard InChI is InChI=1S/C18H38Si/c1-7-8-9-10-11-12-13-14-15-16-17-19(5,6)18(2,3)4/h16-17H,7-15H2,1-6H3/b17-16+. The van der Waals surface area contributed by atoms with Gasteiger partial charge in [0.15, 0.2) is 0 Å². The van der Waals surface area contributed by atoms with Crippen molar-refractivity contribution < 1.29 is 0 Å². The summed E-state index contributed by atoms with van der Waals surface area (Å²) in [4.78, 5) is 0. The summed E-state index contributed by atoms with van der Waals surface area (Å²) in [5, 5.41) is 0.489. The lowest BCUT2D eigenvalue weighted by molar-refractivity contribution is 0.577. The van der Waals surface area contributed by atoms with Gasteiger partial charge in [-0.3, -0.25) is 0 Å². The minimum Gasteiger partial charge on any atom is -0.0981 e. The molecule has 0 rings (SSSR count). The molecule has 0 aromatic rings. The maximum absolute atomic E-state index is 2.56. The van der Waals surface area contributed by atoms with Crippen LogP contribution in [0.5, 0.6) is 0 Å². The van der Waals surface area contributed by atoms with Crippen molar-refractivity contribution in [2.45, 2.75) is 104 Å². The Balaban J connectivity index is 3.54. The van der Waals surface area contributed by atoms with Crippen LogP contribution < -0.4 is 0 Å². The third-order valence-electron chi connectivity index (χ3n) is 4.69. The molecule has 0 aliphatic carbocycles. The van der Waals surface area contributed by atoms with Crippen LogP contribution in [0.1, 0.15) is 85.5 Å².